The van der Waals surface area contributed by atoms with Crippen LogP contribution in [0.25, 0.3) is 0 Å². The highest BCUT2D eigenvalue weighted by atomic mass is 79.9. The standard InChI is InChI=1S/C14H11BrCl2OS/c15-10-2-1-3-12(8-10)18-6-7-19-14-9-11(16)4-5-13(14)17/h1-5,8-9H,6-7H2. The minimum Gasteiger partial charge on any atom is -0.493 e. The van der Waals surface area contributed by atoms with Crippen molar-refractivity contribution in [3.63, 3.8) is 0 Å². The van der Waals surface area contributed by atoms with Crippen molar-refractivity contribution in [3.05, 3.63) is 57.0 Å². The Labute approximate surface area is 135 Å². The topological polar surface area (TPSA) is 9.23 Å². The monoisotopic (exact) mass is 376 g/mol. The van der Waals surface area contributed by atoms with Gasteiger partial charge >= 0.3 is 0 Å². The van der Waals surface area contributed by atoms with E-state index in [1.165, 1.54) is 0 Å². The highest BCUT2D eigenvalue weighted by Crippen LogP contribution is 2.29. The molecule has 0 spiro atoms. The van der Waals surface area contributed by atoms with Crippen molar-refractivity contribution in [2.75, 3.05) is 12.4 Å². The van der Waals surface area contributed by atoms with Gasteiger partial charge in [0.15, 0.2) is 0 Å². The van der Waals surface area contributed by atoms with Crippen LogP contribution in [0.2, 0.25) is 10.0 Å². The van der Waals surface area contributed by atoms with Crippen LogP contribution in [0.15, 0.2) is 51.8 Å². The van der Waals surface area contributed by atoms with Gasteiger partial charge < -0.3 is 4.74 Å². The summed E-state index contributed by atoms with van der Waals surface area (Å²) in [6.45, 7) is 0.615. The smallest absolute Gasteiger partial charge is 0.120 e. The van der Waals surface area contributed by atoms with Crippen LogP contribution in [0.3, 0.4) is 0 Å². The summed E-state index contributed by atoms with van der Waals surface area (Å²) in [6.07, 6.45) is 0. The molecule has 0 aliphatic rings. The molecule has 100 valence electrons. The van der Waals surface area contributed by atoms with E-state index in [1.54, 1.807) is 23.9 Å². The first-order chi connectivity index (χ1) is 9.15. The summed E-state index contributed by atoms with van der Waals surface area (Å²) < 4.78 is 6.66. The van der Waals surface area contributed by atoms with Crippen LogP contribution in [0.5, 0.6) is 5.75 Å². The quantitative estimate of drug-likeness (QED) is 0.471. The molecule has 0 bridgehead atoms. The van der Waals surface area contributed by atoms with Gasteiger partial charge in [0.2, 0.25) is 0 Å². The second kappa shape index (κ2) is 7.44. The van der Waals surface area contributed by atoms with Gasteiger partial charge in [0.1, 0.15) is 5.75 Å². The first-order valence-corrected chi connectivity index (χ1v) is 8.15. The molecule has 2 rings (SSSR count). The Hall–Kier alpha value is -0.350. The Morgan fingerprint density at radius 3 is 2.74 bits per heavy atom. The summed E-state index contributed by atoms with van der Waals surface area (Å²) >= 11 is 17.1. The van der Waals surface area contributed by atoms with Crippen LogP contribution in [-0.4, -0.2) is 12.4 Å². The molecule has 0 N–H and O–H groups in total. The van der Waals surface area contributed by atoms with E-state index in [4.69, 9.17) is 27.9 Å². The van der Waals surface area contributed by atoms with E-state index < -0.39 is 0 Å². The first kappa shape index (κ1) is 15.0. The Morgan fingerprint density at radius 2 is 1.95 bits per heavy atom. The van der Waals surface area contributed by atoms with Crippen molar-refractivity contribution >= 4 is 50.9 Å². The van der Waals surface area contributed by atoms with E-state index in [9.17, 15) is 0 Å². The van der Waals surface area contributed by atoms with E-state index >= 15 is 0 Å². The van der Waals surface area contributed by atoms with Gasteiger partial charge in [-0.15, -0.1) is 11.8 Å². The molecular weight excluding hydrogens is 367 g/mol. The van der Waals surface area contributed by atoms with E-state index in [2.05, 4.69) is 15.9 Å². The second-order valence-corrected chi connectivity index (χ2v) is 6.63. The molecule has 2 aromatic carbocycles. The molecule has 19 heavy (non-hydrogen) atoms. The molecule has 2 aromatic rings. The largest absolute Gasteiger partial charge is 0.493 e. The number of hydrogen-bond donors (Lipinski definition) is 0. The summed E-state index contributed by atoms with van der Waals surface area (Å²) in [6, 6.07) is 13.2. The minimum atomic E-state index is 0.615. The van der Waals surface area contributed by atoms with Crippen molar-refractivity contribution < 1.29 is 4.74 Å². The van der Waals surface area contributed by atoms with E-state index in [0.29, 0.717) is 11.6 Å². The molecule has 0 unspecified atom stereocenters. The third-order valence-corrected chi connectivity index (χ3v) is 4.49. The average molecular weight is 378 g/mol. The number of rotatable bonds is 5. The van der Waals surface area contributed by atoms with Crippen LogP contribution < -0.4 is 4.74 Å². The van der Waals surface area contributed by atoms with Crippen molar-refractivity contribution in [3.8, 4) is 5.75 Å². The van der Waals surface area contributed by atoms with Gasteiger partial charge in [-0.1, -0.05) is 45.2 Å². The summed E-state index contributed by atoms with van der Waals surface area (Å²) in [5.74, 6) is 1.67. The molecule has 1 nitrogen and oxygen atoms in total. The van der Waals surface area contributed by atoms with Gasteiger partial charge in [-0.2, -0.15) is 0 Å². The number of hydrogen-bond acceptors (Lipinski definition) is 2. The molecular formula is C14H11BrCl2OS. The lowest BCUT2D eigenvalue weighted by molar-refractivity contribution is 0.344. The third-order valence-electron chi connectivity index (χ3n) is 2.30. The zero-order valence-electron chi connectivity index (χ0n) is 9.91. The Bertz CT molecular complexity index is 563. The third kappa shape index (κ3) is 4.92. The van der Waals surface area contributed by atoms with Crippen LogP contribution in [0, 0.1) is 0 Å². The molecule has 0 atom stereocenters. The lowest BCUT2D eigenvalue weighted by Crippen LogP contribution is -1.99. The van der Waals surface area contributed by atoms with Crippen LogP contribution in [0.1, 0.15) is 0 Å². The lowest BCUT2D eigenvalue weighted by atomic mass is 10.3. The van der Waals surface area contributed by atoms with Gasteiger partial charge in [-0.05, 0) is 36.4 Å². The van der Waals surface area contributed by atoms with Crippen LogP contribution >= 0.6 is 50.9 Å². The molecule has 0 fully saturated rings. The van der Waals surface area contributed by atoms with Crippen LogP contribution in [0.4, 0.5) is 0 Å². The Balaban J connectivity index is 1.82. The maximum atomic E-state index is 6.09. The zero-order chi connectivity index (χ0) is 13.7. The van der Waals surface area contributed by atoms with Crippen molar-refractivity contribution in [2.24, 2.45) is 0 Å². The lowest BCUT2D eigenvalue weighted by Gasteiger charge is -2.07. The summed E-state index contributed by atoms with van der Waals surface area (Å²) in [5.41, 5.74) is 0. The SMILES string of the molecule is Clc1ccc(Cl)c(SCCOc2cccc(Br)c2)c1. The van der Waals surface area contributed by atoms with Crippen molar-refractivity contribution in [2.45, 2.75) is 4.90 Å². The van der Waals surface area contributed by atoms with Gasteiger partial charge in [-0.3, -0.25) is 0 Å². The molecule has 0 aliphatic carbocycles. The highest BCUT2D eigenvalue weighted by Gasteiger charge is 2.02. The maximum absolute atomic E-state index is 6.09. The first-order valence-electron chi connectivity index (χ1n) is 5.61. The number of benzene rings is 2. The van der Waals surface area contributed by atoms with Crippen molar-refractivity contribution in [1.82, 2.24) is 0 Å². The summed E-state index contributed by atoms with van der Waals surface area (Å²) in [7, 11) is 0. The zero-order valence-corrected chi connectivity index (χ0v) is 13.8. The predicted molar refractivity (Wildman–Crippen MR) is 86.8 cm³/mol. The fraction of sp³-hybridized carbons (Fsp3) is 0.143. The number of ether oxygens (including phenoxy) is 1. The molecule has 0 heterocycles. The summed E-state index contributed by atoms with van der Waals surface area (Å²) in [4.78, 5) is 0.979. The molecule has 0 saturated heterocycles. The van der Waals surface area contributed by atoms with Crippen LogP contribution in [-0.2, 0) is 0 Å². The van der Waals surface area contributed by atoms with Gasteiger partial charge in [0.25, 0.3) is 0 Å². The maximum Gasteiger partial charge on any atom is 0.120 e. The number of halogens is 3. The van der Waals surface area contributed by atoms with Gasteiger partial charge in [0, 0.05) is 20.1 Å². The van der Waals surface area contributed by atoms with E-state index in [1.807, 2.05) is 30.3 Å². The minimum absolute atomic E-state index is 0.615. The molecule has 0 radical (unpaired) electrons. The normalized spacial score (nSPS) is 10.5. The molecule has 0 aromatic heterocycles. The predicted octanol–water partition coefficient (Wildman–Crippen LogP) is 5.93. The number of thioether (sulfide) groups is 1. The molecule has 0 saturated carbocycles. The molecule has 5 heteroatoms. The molecule has 0 aliphatic heterocycles. The van der Waals surface area contributed by atoms with Crippen molar-refractivity contribution in [1.29, 1.82) is 0 Å². The van der Waals surface area contributed by atoms with Gasteiger partial charge in [0.05, 0.1) is 11.6 Å². The second-order valence-electron chi connectivity index (χ2n) is 3.73. The van der Waals surface area contributed by atoms with Gasteiger partial charge in [-0.25, -0.2) is 0 Å². The molecule has 0 amide bonds. The Morgan fingerprint density at radius 1 is 1.11 bits per heavy atom. The Kier molecular flexibility index (Phi) is 5.89. The highest BCUT2D eigenvalue weighted by molar-refractivity contribution is 9.10. The van der Waals surface area contributed by atoms with E-state index in [-0.39, 0.29) is 0 Å². The summed E-state index contributed by atoms with van der Waals surface area (Å²) in [5, 5.41) is 1.41. The average Bonchev–Trinajstić information content (AvgIpc) is 2.39. The fourth-order valence-corrected chi connectivity index (χ4v) is 3.15. The van der Waals surface area contributed by atoms with E-state index in [0.717, 1.165) is 25.9 Å². The fourth-order valence-electron chi connectivity index (χ4n) is 1.46.